The van der Waals surface area contributed by atoms with E-state index >= 15 is 0 Å². The molecule has 4 N–H and O–H groups in total. The predicted molar refractivity (Wildman–Crippen MR) is 116 cm³/mol. The number of rotatable bonds is 8. The van der Waals surface area contributed by atoms with Crippen molar-refractivity contribution in [2.24, 2.45) is 0 Å². The molecule has 0 unspecified atom stereocenters. The van der Waals surface area contributed by atoms with E-state index in [1.165, 1.54) is 24.7 Å². The molecule has 28 heavy (non-hydrogen) atoms. The largest absolute Gasteiger partial charge is 0.495 e. The molecule has 2 aromatic carbocycles. The lowest BCUT2D eigenvalue weighted by Crippen LogP contribution is -2.06. The zero-order chi connectivity index (χ0) is 19.9. The van der Waals surface area contributed by atoms with E-state index in [1.54, 1.807) is 25.3 Å². The first-order valence-corrected chi connectivity index (χ1v) is 9.55. The van der Waals surface area contributed by atoms with Crippen molar-refractivity contribution in [2.45, 2.75) is 26.2 Å². The molecular formula is C21H24ClN5O. The van der Waals surface area contributed by atoms with E-state index in [0.29, 0.717) is 33.8 Å². The van der Waals surface area contributed by atoms with Crippen molar-refractivity contribution in [2.75, 3.05) is 23.5 Å². The van der Waals surface area contributed by atoms with E-state index in [4.69, 9.17) is 22.1 Å². The molecule has 6 nitrogen and oxygen atoms in total. The Morgan fingerprint density at radius 3 is 2.43 bits per heavy atom. The van der Waals surface area contributed by atoms with Gasteiger partial charge in [-0.3, -0.25) is 0 Å². The molecule has 0 atom stereocenters. The molecule has 0 saturated carbocycles. The standard InChI is InChI=1S/C21H24ClN5O/c1-3-4-5-14-6-9-16(10-7-14)26-20-19(23)21(25-13-24-20)27-17-12-15(22)8-11-18(17)28-2/h6-13H,3-5,23H2,1-2H3,(H2,24,25,26,27). The van der Waals surface area contributed by atoms with Crippen LogP contribution in [0.1, 0.15) is 25.3 Å². The Hall–Kier alpha value is -2.99. The Morgan fingerprint density at radius 2 is 1.75 bits per heavy atom. The summed E-state index contributed by atoms with van der Waals surface area (Å²) in [6.07, 6.45) is 4.91. The monoisotopic (exact) mass is 397 g/mol. The van der Waals surface area contributed by atoms with Gasteiger partial charge in [0.15, 0.2) is 11.6 Å². The molecule has 0 aliphatic heterocycles. The van der Waals surface area contributed by atoms with Crippen molar-refractivity contribution in [1.29, 1.82) is 0 Å². The zero-order valence-electron chi connectivity index (χ0n) is 16.0. The highest BCUT2D eigenvalue weighted by atomic mass is 35.5. The summed E-state index contributed by atoms with van der Waals surface area (Å²) in [5.74, 6) is 1.64. The fourth-order valence-corrected chi connectivity index (χ4v) is 2.94. The van der Waals surface area contributed by atoms with Gasteiger partial charge in [0.2, 0.25) is 0 Å². The molecular weight excluding hydrogens is 374 g/mol. The maximum absolute atomic E-state index is 6.28. The van der Waals surface area contributed by atoms with Gasteiger partial charge in [-0.25, -0.2) is 9.97 Å². The molecule has 0 radical (unpaired) electrons. The van der Waals surface area contributed by atoms with Crippen molar-refractivity contribution in [3.8, 4) is 5.75 Å². The summed E-state index contributed by atoms with van der Waals surface area (Å²) in [5, 5.41) is 6.99. The van der Waals surface area contributed by atoms with E-state index in [2.05, 4.69) is 39.7 Å². The maximum atomic E-state index is 6.28. The molecule has 1 heterocycles. The summed E-state index contributed by atoms with van der Waals surface area (Å²) < 4.78 is 5.36. The number of nitrogen functional groups attached to an aromatic ring is 1. The Kier molecular flexibility index (Phi) is 6.55. The molecule has 0 fully saturated rings. The molecule has 0 saturated heterocycles. The molecule has 0 amide bonds. The van der Waals surface area contributed by atoms with Crippen LogP contribution in [-0.2, 0) is 6.42 Å². The predicted octanol–water partition coefficient (Wildman–Crippen LogP) is 5.55. The van der Waals surface area contributed by atoms with Gasteiger partial charge in [-0.2, -0.15) is 0 Å². The molecule has 146 valence electrons. The fraction of sp³-hybridized carbons (Fsp3) is 0.238. The van der Waals surface area contributed by atoms with Gasteiger partial charge in [0, 0.05) is 10.7 Å². The molecule has 3 aromatic rings. The topological polar surface area (TPSA) is 85.1 Å². The van der Waals surface area contributed by atoms with Crippen LogP contribution in [0.4, 0.5) is 28.7 Å². The summed E-state index contributed by atoms with van der Waals surface area (Å²) in [5.41, 5.74) is 9.59. The lowest BCUT2D eigenvalue weighted by atomic mass is 10.1. The van der Waals surface area contributed by atoms with Crippen molar-refractivity contribution in [3.63, 3.8) is 0 Å². The third kappa shape index (κ3) is 4.84. The number of nitrogens with one attached hydrogen (secondary N) is 2. The van der Waals surface area contributed by atoms with E-state index in [0.717, 1.165) is 12.1 Å². The number of hydrogen-bond acceptors (Lipinski definition) is 6. The lowest BCUT2D eigenvalue weighted by molar-refractivity contribution is 0.417. The molecule has 0 spiro atoms. The van der Waals surface area contributed by atoms with Gasteiger partial charge in [0.05, 0.1) is 12.8 Å². The highest BCUT2D eigenvalue weighted by Gasteiger charge is 2.11. The second kappa shape index (κ2) is 9.28. The minimum atomic E-state index is 0.402. The molecule has 3 rings (SSSR count). The SMILES string of the molecule is CCCCc1ccc(Nc2ncnc(Nc3cc(Cl)ccc3OC)c2N)cc1. The van der Waals surface area contributed by atoms with E-state index in [9.17, 15) is 0 Å². The summed E-state index contributed by atoms with van der Waals surface area (Å²) >= 11 is 6.09. The minimum Gasteiger partial charge on any atom is -0.495 e. The number of halogens is 1. The Labute approximate surface area is 170 Å². The van der Waals surface area contributed by atoms with Crippen LogP contribution < -0.4 is 21.1 Å². The maximum Gasteiger partial charge on any atom is 0.159 e. The first-order valence-electron chi connectivity index (χ1n) is 9.17. The number of nitrogens with two attached hydrogens (primary N) is 1. The zero-order valence-corrected chi connectivity index (χ0v) is 16.8. The Bertz CT molecular complexity index is 931. The second-order valence-electron chi connectivity index (χ2n) is 6.38. The highest BCUT2D eigenvalue weighted by molar-refractivity contribution is 6.31. The second-order valence-corrected chi connectivity index (χ2v) is 6.82. The number of ether oxygens (including phenoxy) is 1. The Morgan fingerprint density at radius 1 is 1.04 bits per heavy atom. The summed E-state index contributed by atoms with van der Waals surface area (Å²) in [4.78, 5) is 8.51. The van der Waals surface area contributed by atoms with Crippen LogP contribution in [0.3, 0.4) is 0 Å². The fourth-order valence-electron chi connectivity index (χ4n) is 2.77. The van der Waals surface area contributed by atoms with Crippen LogP contribution in [-0.4, -0.2) is 17.1 Å². The molecule has 0 aliphatic rings. The van der Waals surface area contributed by atoms with E-state index in [-0.39, 0.29) is 0 Å². The van der Waals surface area contributed by atoms with Crippen molar-refractivity contribution >= 4 is 40.3 Å². The van der Waals surface area contributed by atoms with Gasteiger partial charge in [0.1, 0.15) is 17.8 Å². The van der Waals surface area contributed by atoms with Crippen LogP contribution >= 0.6 is 11.6 Å². The smallest absolute Gasteiger partial charge is 0.159 e. The van der Waals surface area contributed by atoms with Gasteiger partial charge >= 0.3 is 0 Å². The van der Waals surface area contributed by atoms with E-state index < -0.39 is 0 Å². The summed E-state index contributed by atoms with van der Waals surface area (Å²) in [7, 11) is 1.59. The van der Waals surface area contributed by atoms with Crippen molar-refractivity contribution < 1.29 is 4.74 Å². The highest BCUT2D eigenvalue weighted by Crippen LogP contribution is 2.33. The molecule has 7 heteroatoms. The lowest BCUT2D eigenvalue weighted by Gasteiger charge is -2.15. The third-order valence-electron chi connectivity index (χ3n) is 4.33. The average molecular weight is 398 g/mol. The number of nitrogens with zero attached hydrogens (tertiary/aromatic N) is 2. The van der Waals surface area contributed by atoms with Gasteiger partial charge in [0.25, 0.3) is 0 Å². The number of anilines is 5. The molecule has 1 aromatic heterocycles. The number of unbranched alkanes of at least 4 members (excludes halogenated alkanes) is 1. The summed E-state index contributed by atoms with van der Waals surface area (Å²) in [6.45, 7) is 2.19. The van der Waals surface area contributed by atoms with Gasteiger partial charge in [-0.1, -0.05) is 37.1 Å². The number of aromatic nitrogens is 2. The number of methoxy groups -OCH3 is 1. The van der Waals surface area contributed by atoms with Gasteiger partial charge < -0.3 is 21.1 Å². The van der Waals surface area contributed by atoms with Crippen molar-refractivity contribution in [1.82, 2.24) is 9.97 Å². The number of benzene rings is 2. The normalized spacial score (nSPS) is 10.5. The summed E-state index contributed by atoms with van der Waals surface area (Å²) in [6, 6.07) is 13.6. The Balaban J connectivity index is 1.79. The van der Waals surface area contributed by atoms with E-state index in [1.807, 2.05) is 12.1 Å². The quantitative estimate of drug-likeness (QED) is 0.462. The van der Waals surface area contributed by atoms with Crippen LogP contribution in [0, 0.1) is 0 Å². The average Bonchev–Trinajstić information content (AvgIpc) is 2.70. The first-order chi connectivity index (χ1) is 13.6. The minimum absolute atomic E-state index is 0.402. The number of aryl methyl sites for hydroxylation is 1. The molecule has 0 aliphatic carbocycles. The van der Waals surface area contributed by atoms with Gasteiger partial charge in [-0.15, -0.1) is 0 Å². The molecule has 0 bridgehead atoms. The first kappa shape index (κ1) is 19.8. The van der Waals surface area contributed by atoms with Crippen molar-refractivity contribution in [3.05, 3.63) is 59.4 Å². The van der Waals surface area contributed by atoms with Crippen LogP contribution in [0.2, 0.25) is 5.02 Å². The number of hydrogen-bond donors (Lipinski definition) is 3. The van der Waals surface area contributed by atoms with Crippen LogP contribution in [0.15, 0.2) is 48.8 Å². The third-order valence-corrected chi connectivity index (χ3v) is 4.57. The van der Waals surface area contributed by atoms with Gasteiger partial charge in [-0.05, 0) is 48.7 Å². The van der Waals surface area contributed by atoms with Crippen LogP contribution in [0.25, 0.3) is 0 Å². The van der Waals surface area contributed by atoms with Crippen LogP contribution in [0.5, 0.6) is 5.75 Å².